The van der Waals surface area contributed by atoms with Crippen molar-refractivity contribution in [3.8, 4) is 5.75 Å². The fourth-order valence-electron chi connectivity index (χ4n) is 2.60. The fourth-order valence-corrected chi connectivity index (χ4v) is 3.42. The molecule has 1 unspecified atom stereocenters. The Morgan fingerprint density at radius 3 is 2.33 bits per heavy atom. The summed E-state index contributed by atoms with van der Waals surface area (Å²) in [6.45, 7) is 0. The lowest BCUT2D eigenvalue weighted by molar-refractivity contribution is 0.0606. The van der Waals surface area contributed by atoms with Crippen molar-refractivity contribution >= 4 is 23.2 Å². The van der Waals surface area contributed by atoms with Gasteiger partial charge in [-0.2, -0.15) is 0 Å². The van der Waals surface area contributed by atoms with Gasteiger partial charge in [-0.25, -0.2) is 4.79 Å². The van der Waals surface area contributed by atoms with Crippen LogP contribution in [0.1, 0.15) is 43.8 Å². The molecule has 24 heavy (non-hydrogen) atoms. The third-order valence-electron chi connectivity index (χ3n) is 4.07. The predicted octanol–water partition coefficient (Wildman–Crippen LogP) is 3.42. The molecule has 2 aromatic rings. The maximum atomic E-state index is 12.5. The summed E-state index contributed by atoms with van der Waals surface area (Å²) in [5, 5.41) is 3.10. The van der Waals surface area contributed by atoms with E-state index in [0.29, 0.717) is 15.7 Å². The van der Waals surface area contributed by atoms with Gasteiger partial charge in [-0.1, -0.05) is 12.1 Å². The first-order valence-electron chi connectivity index (χ1n) is 7.75. The zero-order valence-electron chi connectivity index (χ0n) is 13.6. The van der Waals surface area contributed by atoms with E-state index in [-0.39, 0.29) is 11.9 Å². The maximum absolute atomic E-state index is 12.5. The summed E-state index contributed by atoms with van der Waals surface area (Å²) in [7, 11) is 2.96. The summed E-state index contributed by atoms with van der Waals surface area (Å²) >= 11 is 1.14. The molecule has 0 saturated heterocycles. The van der Waals surface area contributed by atoms with E-state index in [1.807, 2.05) is 24.3 Å². The highest BCUT2D eigenvalue weighted by molar-refractivity contribution is 7.15. The molecule has 126 valence electrons. The number of hydrogen-bond acceptors (Lipinski definition) is 5. The van der Waals surface area contributed by atoms with E-state index in [1.54, 1.807) is 19.2 Å². The van der Waals surface area contributed by atoms with Crippen LogP contribution in [0.3, 0.4) is 0 Å². The molecule has 1 atom stereocenters. The van der Waals surface area contributed by atoms with E-state index >= 15 is 0 Å². The maximum Gasteiger partial charge on any atom is 0.348 e. The van der Waals surface area contributed by atoms with Crippen molar-refractivity contribution < 1.29 is 19.1 Å². The smallest absolute Gasteiger partial charge is 0.348 e. The lowest BCUT2D eigenvalue weighted by Crippen LogP contribution is -2.29. The van der Waals surface area contributed by atoms with Crippen LogP contribution in [-0.4, -0.2) is 26.1 Å². The van der Waals surface area contributed by atoms with Crippen molar-refractivity contribution in [3.63, 3.8) is 0 Å². The first-order chi connectivity index (χ1) is 11.6. The van der Waals surface area contributed by atoms with E-state index in [4.69, 9.17) is 4.74 Å². The monoisotopic (exact) mass is 345 g/mol. The van der Waals surface area contributed by atoms with Crippen molar-refractivity contribution in [2.24, 2.45) is 5.92 Å². The average Bonchev–Trinajstić information content (AvgIpc) is 3.34. The zero-order chi connectivity index (χ0) is 17.1. The van der Waals surface area contributed by atoms with Gasteiger partial charge < -0.3 is 14.8 Å². The zero-order valence-corrected chi connectivity index (χ0v) is 14.4. The van der Waals surface area contributed by atoms with Gasteiger partial charge in [0.05, 0.1) is 25.1 Å². The summed E-state index contributed by atoms with van der Waals surface area (Å²) in [5.41, 5.74) is 1.07. The number of carbonyl (C=O) groups is 2. The summed E-state index contributed by atoms with van der Waals surface area (Å²) in [5.74, 6) is 0.666. The minimum Gasteiger partial charge on any atom is -0.497 e. The van der Waals surface area contributed by atoms with Crippen molar-refractivity contribution in [2.75, 3.05) is 14.2 Å². The topological polar surface area (TPSA) is 64.6 Å². The number of benzene rings is 1. The van der Waals surface area contributed by atoms with E-state index in [2.05, 4.69) is 10.1 Å². The molecule has 1 amide bonds. The molecule has 0 aliphatic heterocycles. The summed E-state index contributed by atoms with van der Waals surface area (Å²) < 4.78 is 9.86. The Morgan fingerprint density at radius 1 is 1.08 bits per heavy atom. The minimum absolute atomic E-state index is 0.0212. The van der Waals surface area contributed by atoms with Gasteiger partial charge in [0, 0.05) is 0 Å². The number of methoxy groups -OCH3 is 2. The number of nitrogens with one attached hydrogen (secondary N) is 1. The third-order valence-corrected chi connectivity index (χ3v) is 5.14. The van der Waals surface area contributed by atoms with Gasteiger partial charge in [-0.15, -0.1) is 11.3 Å². The number of hydrogen-bond donors (Lipinski definition) is 1. The first kappa shape index (κ1) is 16.5. The van der Waals surface area contributed by atoms with Crippen LogP contribution < -0.4 is 10.1 Å². The van der Waals surface area contributed by atoms with Crippen molar-refractivity contribution in [1.29, 1.82) is 0 Å². The van der Waals surface area contributed by atoms with Gasteiger partial charge in [0.1, 0.15) is 10.6 Å². The molecule has 1 saturated carbocycles. The standard InChI is InChI=1S/C18H19NO4S/c1-22-13-7-5-12(6-8-13)16(11-3-4-11)19-17(20)14-9-10-15(24-14)18(21)23-2/h5-11,16H,3-4H2,1-2H3,(H,19,20). The first-order valence-corrected chi connectivity index (χ1v) is 8.57. The largest absolute Gasteiger partial charge is 0.497 e. The van der Waals surface area contributed by atoms with Crippen LogP contribution in [0.15, 0.2) is 36.4 Å². The molecule has 0 bridgehead atoms. The molecule has 1 aliphatic rings. The second-order valence-electron chi connectivity index (χ2n) is 5.72. The Morgan fingerprint density at radius 2 is 1.75 bits per heavy atom. The molecule has 3 rings (SSSR count). The third kappa shape index (κ3) is 3.59. The predicted molar refractivity (Wildman–Crippen MR) is 91.6 cm³/mol. The molecule has 1 aromatic carbocycles. The second kappa shape index (κ2) is 7.05. The van der Waals surface area contributed by atoms with Crippen molar-refractivity contribution in [2.45, 2.75) is 18.9 Å². The van der Waals surface area contributed by atoms with Crippen LogP contribution in [0, 0.1) is 5.92 Å². The molecule has 1 N–H and O–H groups in total. The van der Waals surface area contributed by atoms with E-state index in [0.717, 1.165) is 35.5 Å². The van der Waals surface area contributed by atoms with Gasteiger partial charge in [0.2, 0.25) is 0 Å². The van der Waals surface area contributed by atoms with Crippen molar-refractivity contribution in [1.82, 2.24) is 5.32 Å². The van der Waals surface area contributed by atoms with E-state index < -0.39 is 5.97 Å². The van der Waals surface area contributed by atoms with E-state index in [1.165, 1.54) is 7.11 Å². The lowest BCUT2D eigenvalue weighted by atomic mass is 10.0. The van der Waals surface area contributed by atoms with Crippen LogP contribution in [0.4, 0.5) is 0 Å². The van der Waals surface area contributed by atoms with Crippen LogP contribution in [0.5, 0.6) is 5.75 Å². The van der Waals surface area contributed by atoms with Crippen LogP contribution in [0.25, 0.3) is 0 Å². The molecule has 0 radical (unpaired) electrons. The highest BCUT2D eigenvalue weighted by Gasteiger charge is 2.33. The summed E-state index contributed by atoms with van der Waals surface area (Å²) in [6.07, 6.45) is 2.21. The highest BCUT2D eigenvalue weighted by atomic mass is 32.1. The molecule has 1 aliphatic carbocycles. The SMILES string of the molecule is COC(=O)c1ccc(C(=O)NC(c2ccc(OC)cc2)C2CC2)s1. The van der Waals surface area contributed by atoms with Gasteiger partial charge in [-0.05, 0) is 48.6 Å². The molecule has 5 nitrogen and oxygen atoms in total. The lowest BCUT2D eigenvalue weighted by Gasteiger charge is -2.18. The highest BCUT2D eigenvalue weighted by Crippen LogP contribution is 2.41. The molecule has 6 heteroatoms. The number of rotatable bonds is 6. The number of thiophene rings is 1. The molecule has 1 fully saturated rings. The van der Waals surface area contributed by atoms with Gasteiger partial charge in [-0.3, -0.25) is 4.79 Å². The number of carbonyl (C=O) groups excluding carboxylic acids is 2. The molecular formula is C18H19NO4S. The molecule has 1 heterocycles. The number of ether oxygens (including phenoxy) is 2. The fraction of sp³-hybridized carbons (Fsp3) is 0.333. The Bertz CT molecular complexity index is 734. The Labute approximate surface area is 144 Å². The van der Waals surface area contributed by atoms with Gasteiger partial charge in [0.15, 0.2) is 0 Å². The Hall–Kier alpha value is -2.34. The molecule has 0 spiro atoms. The van der Waals surface area contributed by atoms with Crippen molar-refractivity contribution in [3.05, 3.63) is 51.7 Å². The quantitative estimate of drug-likeness (QED) is 0.815. The molecular weight excluding hydrogens is 326 g/mol. The van der Waals surface area contributed by atoms with Gasteiger partial charge in [0.25, 0.3) is 5.91 Å². The van der Waals surface area contributed by atoms with E-state index in [9.17, 15) is 9.59 Å². The van der Waals surface area contributed by atoms with Crippen LogP contribution in [-0.2, 0) is 4.74 Å². The van der Waals surface area contributed by atoms with Crippen LogP contribution >= 0.6 is 11.3 Å². The Kier molecular flexibility index (Phi) is 4.85. The average molecular weight is 345 g/mol. The number of amides is 1. The summed E-state index contributed by atoms with van der Waals surface area (Å²) in [6, 6.07) is 11.0. The number of esters is 1. The van der Waals surface area contributed by atoms with Crippen LogP contribution in [0.2, 0.25) is 0 Å². The Balaban J connectivity index is 1.74. The van der Waals surface area contributed by atoms with Gasteiger partial charge >= 0.3 is 5.97 Å². The minimum atomic E-state index is -0.423. The second-order valence-corrected chi connectivity index (χ2v) is 6.80. The molecule has 1 aromatic heterocycles. The normalized spacial score (nSPS) is 14.8. The summed E-state index contributed by atoms with van der Waals surface area (Å²) in [4.78, 5) is 25.0.